The summed E-state index contributed by atoms with van der Waals surface area (Å²) < 4.78 is 10.4. The SMILES string of the molecule is CCN(CC)CCCC(C)NC(=NC)NCCCCOCCOC. The molecule has 0 heterocycles. The molecule has 0 aliphatic carbocycles. The molecule has 1 unspecified atom stereocenters. The minimum Gasteiger partial charge on any atom is -0.382 e. The molecule has 24 heavy (non-hydrogen) atoms. The maximum Gasteiger partial charge on any atom is 0.191 e. The molecule has 1 atom stereocenters. The van der Waals surface area contributed by atoms with E-state index in [1.165, 1.54) is 13.0 Å². The van der Waals surface area contributed by atoms with Gasteiger partial charge in [0.2, 0.25) is 0 Å². The Morgan fingerprint density at radius 3 is 2.46 bits per heavy atom. The van der Waals surface area contributed by atoms with E-state index in [0.717, 1.165) is 51.5 Å². The van der Waals surface area contributed by atoms with Crippen molar-refractivity contribution in [3.63, 3.8) is 0 Å². The van der Waals surface area contributed by atoms with Crippen molar-refractivity contribution in [2.24, 2.45) is 4.99 Å². The van der Waals surface area contributed by atoms with Crippen molar-refractivity contribution in [2.45, 2.75) is 52.5 Å². The highest BCUT2D eigenvalue weighted by atomic mass is 16.5. The maximum atomic E-state index is 5.45. The number of hydrogen-bond donors (Lipinski definition) is 2. The van der Waals surface area contributed by atoms with E-state index in [4.69, 9.17) is 9.47 Å². The van der Waals surface area contributed by atoms with E-state index in [-0.39, 0.29) is 0 Å². The van der Waals surface area contributed by atoms with Crippen molar-refractivity contribution >= 4 is 5.96 Å². The van der Waals surface area contributed by atoms with Crippen LogP contribution in [0.25, 0.3) is 0 Å². The largest absolute Gasteiger partial charge is 0.382 e. The monoisotopic (exact) mass is 344 g/mol. The number of ether oxygens (including phenoxy) is 2. The Hall–Kier alpha value is -0.850. The summed E-state index contributed by atoms with van der Waals surface area (Å²) in [6, 6.07) is 0.434. The molecule has 6 nitrogen and oxygen atoms in total. The molecule has 144 valence electrons. The van der Waals surface area contributed by atoms with Crippen LogP contribution in [0.2, 0.25) is 0 Å². The Labute approximate surface area is 149 Å². The molecule has 0 radical (unpaired) electrons. The first kappa shape index (κ1) is 23.1. The van der Waals surface area contributed by atoms with Crippen LogP contribution < -0.4 is 10.6 Å². The molecule has 0 aromatic heterocycles. The third kappa shape index (κ3) is 13.6. The summed E-state index contributed by atoms with van der Waals surface area (Å²) in [4.78, 5) is 6.76. The summed E-state index contributed by atoms with van der Waals surface area (Å²) in [5.74, 6) is 0.894. The molecule has 0 aliphatic heterocycles. The van der Waals surface area contributed by atoms with Gasteiger partial charge in [0.25, 0.3) is 0 Å². The number of aliphatic imine (C=N–C) groups is 1. The molecule has 0 amide bonds. The lowest BCUT2D eigenvalue weighted by molar-refractivity contribution is 0.0689. The van der Waals surface area contributed by atoms with Crippen molar-refractivity contribution < 1.29 is 9.47 Å². The number of rotatable bonds is 15. The van der Waals surface area contributed by atoms with E-state index in [2.05, 4.69) is 41.3 Å². The molecular formula is C18H40N4O2. The second-order valence-corrected chi connectivity index (χ2v) is 6.03. The number of unbranched alkanes of at least 4 members (excludes halogenated alkanes) is 1. The van der Waals surface area contributed by atoms with Crippen LogP contribution in [0.15, 0.2) is 4.99 Å². The van der Waals surface area contributed by atoms with Gasteiger partial charge >= 0.3 is 0 Å². The zero-order chi connectivity index (χ0) is 18.0. The summed E-state index contributed by atoms with van der Waals surface area (Å²) in [5, 5.41) is 6.84. The molecule has 0 bridgehead atoms. The van der Waals surface area contributed by atoms with Gasteiger partial charge in [-0.3, -0.25) is 4.99 Å². The lowest BCUT2D eigenvalue weighted by atomic mass is 10.2. The number of methoxy groups -OCH3 is 1. The van der Waals surface area contributed by atoms with Gasteiger partial charge in [-0.1, -0.05) is 13.8 Å². The van der Waals surface area contributed by atoms with Gasteiger partial charge in [0.05, 0.1) is 13.2 Å². The maximum absolute atomic E-state index is 5.45. The van der Waals surface area contributed by atoms with Crippen LogP contribution >= 0.6 is 0 Å². The van der Waals surface area contributed by atoms with Gasteiger partial charge in [0, 0.05) is 33.4 Å². The lowest BCUT2D eigenvalue weighted by Crippen LogP contribution is -2.42. The van der Waals surface area contributed by atoms with E-state index in [9.17, 15) is 0 Å². The standard InChI is InChI=1S/C18H40N4O2/c1-6-22(7-2)13-10-11-17(3)21-18(19-4)20-12-8-9-14-24-16-15-23-5/h17H,6-16H2,1-5H3,(H2,19,20,21). The Morgan fingerprint density at radius 1 is 1.08 bits per heavy atom. The van der Waals surface area contributed by atoms with Crippen LogP contribution in [0.4, 0.5) is 0 Å². The first-order valence-electron chi connectivity index (χ1n) is 9.44. The predicted molar refractivity (Wildman–Crippen MR) is 103 cm³/mol. The second-order valence-electron chi connectivity index (χ2n) is 6.03. The van der Waals surface area contributed by atoms with Gasteiger partial charge in [0.15, 0.2) is 5.96 Å². The van der Waals surface area contributed by atoms with E-state index < -0.39 is 0 Å². The lowest BCUT2D eigenvalue weighted by Gasteiger charge is -2.21. The zero-order valence-electron chi connectivity index (χ0n) is 16.6. The molecule has 0 aromatic rings. The van der Waals surface area contributed by atoms with Crippen molar-refractivity contribution in [1.29, 1.82) is 0 Å². The molecule has 0 saturated carbocycles. The fourth-order valence-corrected chi connectivity index (χ4v) is 2.44. The first-order chi connectivity index (χ1) is 11.7. The molecule has 0 fully saturated rings. The van der Waals surface area contributed by atoms with Crippen LogP contribution in [-0.4, -0.2) is 77.1 Å². The minimum atomic E-state index is 0.434. The van der Waals surface area contributed by atoms with Gasteiger partial charge in [-0.25, -0.2) is 0 Å². The van der Waals surface area contributed by atoms with E-state index >= 15 is 0 Å². The summed E-state index contributed by atoms with van der Waals surface area (Å²) in [6.07, 6.45) is 4.49. The van der Waals surface area contributed by atoms with Gasteiger partial charge in [-0.2, -0.15) is 0 Å². The van der Waals surface area contributed by atoms with Crippen LogP contribution in [0.1, 0.15) is 46.5 Å². The average Bonchev–Trinajstić information content (AvgIpc) is 2.60. The Morgan fingerprint density at radius 2 is 1.83 bits per heavy atom. The highest BCUT2D eigenvalue weighted by Gasteiger charge is 2.06. The van der Waals surface area contributed by atoms with Crippen LogP contribution in [-0.2, 0) is 9.47 Å². The third-order valence-electron chi connectivity index (χ3n) is 4.05. The summed E-state index contributed by atoms with van der Waals surface area (Å²) in [6.45, 7) is 13.2. The molecular weight excluding hydrogens is 304 g/mol. The van der Waals surface area contributed by atoms with Gasteiger partial charge < -0.3 is 25.0 Å². The third-order valence-corrected chi connectivity index (χ3v) is 4.05. The van der Waals surface area contributed by atoms with Crippen LogP contribution in [0, 0.1) is 0 Å². The van der Waals surface area contributed by atoms with Crippen molar-refractivity contribution in [1.82, 2.24) is 15.5 Å². The number of hydrogen-bond acceptors (Lipinski definition) is 4. The molecule has 2 N–H and O–H groups in total. The molecule has 6 heteroatoms. The topological polar surface area (TPSA) is 58.1 Å². The molecule has 0 aliphatic rings. The molecule has 0 rings (SSSR count). The van der Waals surface area contributed by atoms with Crippen molar-refractivity contribution in [3.8, 4) is 0 Å². The fourth-order valence-electron chi connectivity index (χ4n) is 2.44. The zero-order valence-corrected chi connectivity index (χ0v) is 16.6. The summed E-state index contributed by atoms with van der Waals surface area (Å²) >= 11 is 0. The smallest absolute Gasteiger partial charge is 0.191 e. The van der Waals surface area contributed by atoms with Crippen molar-refractivity contribution in [2.75, 3.05) is 60.2 Å². The Balaban J connectivity index is 3.67. The normalized spacial score (nSPS) is 13.3. The predicted octanol–water partition coefficient (Wildman–Crippen LogP) is 2.11. The van der Waals surface area contributed by atoms with Crippen LogP contribution in [0.5, 0.6) is 0 Å². The van der Waals surface area contributed by atoms with Gasteiger partial charge in [0.1, 0.15) is 0 Å². The number of nitrogens with one attached hydrogen (secondary N) is 2. The number of nitrogens with zero attached hydrogens (tertiary/aromatic N) is 2. The molecule has 0 spiro atoms. The van der Waals surface area contributed by atoms with Gasteiger partial charge in [-0.05, 0) is 52.2 Å². The van der Waals surface area contributed by atoms with Gasteiger partial charge in [-0.15, -0.1) is 0 Å². The minimum absolute atomic E-state index is 0.434. The van der Waals surface area contributed by atoms with Crippen molar-refractivity contribution in [3.05, 3.63) is 0 Å². The van der Waals surface area contributed by atoms with Crippen LogP contribution in [0.3, 0.4) is 0 Å². The highest BCUT2D eigenvalue weighted by molar-refractivity contribution is 5.79. The Kier molecular flexibility index (Phi) is 16.4. The molecule has 0 aromatic carbocycles. The summed E-state index contributed by atoms with van der Waals surface area (Å²) in [5.41, 5.74) is 0. The molecule has 0 saturated heterocycles. The highest BCUT2D eigenvalue weighted by Crippen LogP contribution is 1.99. The first-order valence-corrected chi connectivity index (χ1v) is 9.44. The average molecular weight is 345 g/mol. The summed E-state index contributed by atoms with van der Waals surface area (Å²) in [7, 11) is 3.52. The van der Waals surface area contributed by atoms with E-state index in [1.807, 2.05) is 7.05 Å². The quantitative estimate of drug-likeness (QED) is 0.271. The second kappa shape index (κ2) is 17.0. The Bertz CT molecular complexity index is 297. The van der Waals surface area contributed by atoms with E-state index in [1.54, 1.807) is 7.11 Å². The number of guanidine groups is 1. The van der Waals surface area contributed by atoms with E-state index in [0.29, 0.717) is 19.3 Å². The fraction of sp³-hybridized carbons (Fsp3) is 0.944.